The van der Waals surface area contributed by atoms with Crippen LogP contribution in [0.4, 0.5) is 5.69 Å². The third kappa shape index (κ3) is 3.11. The third-order valence-corrected chi connectivity index (χ3v) is 3.97. The standard InChI is InChI=1S/C14H15NO2S/c1-17-13-4-2-3-11(9-13)10-18(16)14-7-5-12(15)6-8-14/h2-9H,10,15H2,1H3. The highest BCUT2D eigenvalue weighted by molar-refractivity contribution is 7.84. The lowest BCUT2D eigenvalue weighted by Gasteiger charge is -2.05. The van der Waals surface area contributed by atoms with Crippen LogP contribution >= 0.6 is 0 Å². The molecule has 0 saturated carbocycles. The maximum absolute atomic E-state index is 12.2. The van der Waals surface area contributed by atoms with Gasteiger partial charge in [0.1, 0.15) is 5.75 Å². The lowest BCUT2D eigenvalue weighted by atomic mass is 10.2. The van der Waals surface area contributed by atoms with Crippen molar-refractivity contribution in [2.45, 2.75) is 10.6 Å². The molecule has 0 aromatic heterocycles. The maximum atomic E-state index is 12.2. The molecule has 0 spiro atoms. The Kier molecular flexibility index (Phi) is 3.99. The summed E-state index contributed by atoms with van der Waals surface area (Å²) in [6, 6.07) is 14.7. The van der Waals surface area contributed by atoms with E-state index in [0.29, 0.717) is 11.4 Å². The molecule has 1 atom stereocenters. The predicted octanol–water partition coefficient (Wildman–Crippen LogP) is 2.59. The third-order valence-electron chi connectivity index (χ3n) is 2.57. The highest BCUT2D eigenvalue weighted by atomic mass is 32.2. The first-order valence-electron chi connectivity index (χ1n) is 5.56. The maximum Gasteiger partial charge on any atom is 0.119 e. The zero-order valence-corrected chi connectivity index (χ0v) is 10.9. The molecule has 0 fully saturated rings. The van der Waals surface area contributed by atoms with Gasteiger partial charge in [0.25, 0.3) is 0 Å². The van der Waals surface area contributed by atoms with Crippen LogP contribution in [0.5, 0.6) is 5.75 Å². The topological polar surface area (TPSA) is 52.3 Å². The molecule has 0 saturated heterocycles. The van der Waals surface area contributed by atoms with Crippen molar-refractivity contribution in [3.05, 3.63) is 54.1 Å². The average molecular weight is 261 g/mol. The van der Waals surface area contributed by atoms with Crippen molar-refractivity contribution in [1.29, 1.82) is 0 Å². The summed E-state index contributed by atoms with van der Waals surface area (Å²) in [6.45, 7) is 0. The van der Waals surface area contributed by atoms with E-state index in [0.717, 1.165) is 16.2 Å². The van der Waals surface area contributed by atoms with Gasteiger partial charge in [-0.25, -0.2) is 0 Å². The van der Waals surface area contributed by atoms with Gasteiger partial charge >= 0.3 is 0 Å². The van der Waals surface area contributed by atoms with Crippen LogP contribution in [0.1, 0.15) is 5.56 Å². The summed E-state index contributed by atoms with van der Waals surface area (Å²) in [7, 11) is 0.557. The predicted molar refractivity (Wildman–Crippen MR) is 74.0 cm³/mol. The van der Waals surface area contributed by atoms with E-state index >= 15 is 0 Å². The lowest BCUT2D eigenvalue weighted by molar-refractivity contribution is 0.414. The number of methoxy groups -OCH3 is 1. The number of ether oxygens (including phenoxy) is 1. The molecule has 0 aliphatic rings. The molecule has 0 heterocycles. The second kappa shape index (κ2) is 5.69. The molecule has 0 amide bonds. The fraction of sp³-hybridized carbons (Fsp3) is 0.143. The minimum atomic E-state index is -1.06. The molecule has 0 aliphatic carbocycles. The molecule has 1 unspecified atom stereocenters. The monoisotopic (exact) mass is 261 g/mol. The van der Waals surface area contributed by atoms with Crippen LogP contribution in [0.2, 0.25) is 0 Å². The molecule has 4 heteroatoms. The Balaban J connectivity index is 2.13. The van der Waals surface area contributed by atoms with Gasteiger partial charge in [0.05, 0.1) is 23.7 Å². The molecule has 2 rings (SSSR count). The van der Waals surface area contributed by atoms with Gasteiger partial charge in [-0.05, 0) is 42.0 Å². The Morgan fingerprint density at radius 3 is 2.56 bits per heavy atom. The van der Waals surface area contributed by atoms with Crippen LogP contribution in [0.15, 0.2) is 53.4 Å². The summed E-state index contributed by atoms with van der Waals surface area (Å²) in [4.78, 5) is 0.784. The SMILES string of the molecule is COc1cccc(CS(=O)c2ccc(N)cc2)c1. The summed E-state index contributed by atoms with van der Waals surface area (Å²) in [6.07, 6.45) is 0. The Morgan fingerprint density at radius 1 is 1.17 bits per heavy atom. The first kappa shape index (κ1) is 12.6. The average Bonchev–Trinajstić information content (AvgIpc) is 2.39. The number of nitrogens with two attached hydrogens (primary N) is 1. The number of anilines is 1. The van der Waals surface area contributed by atoms with Gasteiger partial charge in [-0.3, -0.25) is 4.21 Å². The summed E-state index contributed by atoms with van der Waals surface area (Å²) in [5, 5.41) is 0. The number of benzene rings is 2. The molecule has 0 bridgehead atoms. The molecule has 2 aromatic rings. The van der Waals surface area contributed by atoms with Crippen LogP contribution in [0.3, 0.4) is 0 Å². The Morgan fingerprint density at radius 2 is 1.89 bits per heavy atom. The van der Waals surface area contributed by atoms with Gasteiger partial charge < -0.3 is 10.5 Å². The minimum Gasteiger partial charge on any atom is -0.497 e. The van der Waals surface area contributed by atoms with E-state index in [2.05, 4.69) is 0 Å². The van der Waals surface area contributed by atoms with E-state index < -0.39 is 10.8 Å². The number of nitrogen functional groups attached to an aromatic ring is 1. The fourth-order valence-corrected chi connectivity index (χ4v) is 2.71. The van der Waals surface area contributed by atoms with Gasteiger partial charge in [0.2, 0.25) is 0 Å². The normalized spacial score (nSPS) is 12.1. The van der Waals surface area contributed by atoms with Gasteiger partial charge in [-0.1, -0.05) is 12.1 Å². The zero-order valence-electron chi connectivity index (χ0n) is 10.1. The van der Waals surface area contributed by atoms with Gasteiger partial charge in [0, 0.05) is 10.6 Å². The minimum absolute atomic E-state index is 0.473. The first-order chi connectivity index (χ1) is 8.69. The molecular weight excluding hydrogens is 246 g/mol. The van der Waals surface area contributed by atoms with E-state index in [-0.39, 0.29) is 0 Å². The molecule has 2 aromatic carbocycles. The van der Waals surface area contributed by atoms with Crippen molar-refractivity contribution in [3.8, 4) is 5.75 Å². The van der Waals surface area contributed by atoms with Crippen molar-refractivity contribution < 1.29 is 8.95 Å². The van der Waals surface area contributed by atoms with Gasteiger partial charge in [-0.2, -0.15) is 0 Å². The van der Waals surface area contributed by atoms with Crippen LogP contribution in [0, 0.1) is 0 Å². The summed E-state index contributed by atoms with van der Waals surface area (Å²) in [5.41, 5.74) is 7.27. The smallest absolute Gasteiger partial charge is 0.119 e. The Bertz CT molecular complexity index is 552. The summed E-state index contributed by atoms with van der Waals surface area (Å²) >= 11 is 0. The molecule has 94 valence electrons. The molecule has 0 aliphatic heterocycles. The van der Waals surface area contributed by atoms with Crippen molar-refractivity contribution in [3.63, 3.8) is 0 Å². The number of hydrogen-bond acceptors (Lipinski definition) is 3. The Labute approximate surface area is 109 Å². The lowest BCUT2D eigenvalue weighted by Crippen LogP contribution is -1.97. The number of hydrogen-bond donors (Lipinski definition) is 1. The molecule has 18 heavy (non-hydrogen) atoms. The second-order valence-corrected chi connectivity index (χ2v) is 5.36. The summed E-state index contributed by atoms with van der Waals surface area (Å²) in [5.74, 6) is 1.25. The van der Waals surface area contributed by atoms with Crippen LogP contribution < -0.4 is 10.5 Å². The summed E-state index contributed by atoms with van der Waals surface area (Å²) < 4.78 is 17.3. The molecule has 0 radical (unpaired) electrons. The van der Waals surface area contributed by atoms with Gasteiger partial charge in [0.15, 0.2) is 0 Å². The van der Waals surface area contributed by atoms with Crippen molar-refractivity contribution in [2.24, 2.45) is 0 Å². The molecular formula is C14H15NO2S. The largest absolute Gasteiger partial charge is 0.497 e. The highest BCUT2D eigenvalue weighted by Gasteiger charge is 2.05. The van der Waals surface area contributed by atoms with Crippen molar-refractivity contribution in [1.82, 2.24) is 0 Å². The van der Waals surface area contributed by atoms with E-state index in [1.54, 1.807) is 31.4 Å². The quantitative estimate of drug-likeness (QED) is 0.861. The highest BCUT2D eigenvalue weighted by Crippen LogP contribution is 2.17. The molecule has 2 N–H and O–H groups in total. The van der Waals surface area contributed by atoms with Crippen molar-refractivity contribution in [2.75, 3.05) is 12.8 Å². The fourth-order valence-electron chi connectivity index (χ4n) is 1.62. The Hall–Kier alpha value is -1.81. The van der Waals surface area contributed by atoms with E-state index in [1.165, 1.54) is 0 Å². The van der Waals surface area contributed by atoms with Gasteiger partial charge in [-0.15, -0.1) is 0 Å². The van der Waals surface area contributed by atoms with E-state index in [9.17, 15) is 4.21 Å². The first-order valence-corrected chi connectivity index (χ1v) is 6.88. The molecule has 3 nitrogen and oxygen atoms in total. The van der Waals surface area contributed by atoms with Crippen LogP contribution in [-0.4, -0.2) is 11.3 Å². The van der Waals surface area contributed by atoms with E-state index in [4.69, 9.17) is 10.5 Å². The number of rotatable bonds is 4. The van der Waals surface area contributed by atoms with Crippen LogP contribution in [-0.2, 0) is 16.6 Å². The van der Waals surface area contributed by atoms with E-state index in [1.807, 2.05) is 24.3 Å². The second-order valence-electron chi connectivity index (χ2n) is 3.91. The zero-order chi connectivity index (χ0) is 13.0. The van der Waals surface area contributed by atoms with Crippen molar-refractivity contribution >= 4 is 16.5 Å². The van der Waals surface area contributed by atoms with Crippen LogP contribution in [0.25, 0.3) is 0 Å².